The van der Waals surface area contributed by atoms with Gasteiger partial charge in [-0.05, 0) is 39.8 Å². The van der Waals surface area contributed by atoms with Crippen LogP contribution in [0.25, 0.3) is 0 Å². The summed E-state index contributed by atoms with van der Waals surface area (Å²) in [4.78, 5) is 2.41. The van der Waals surface area contributed by atoms with E-state index in [1.54, 1.807) is 0 Å². The summed E-state index contributed by atoms with van der Waals surface area (Å²) in [5.41, 5.74) is -0.158. The second kappa shape index (κ2) is 8.06. The number of aliphatic hydroxyl groups excluding tert-OH is 1. The molecule has 1 unspecified atom stereocenters. The standard InChI is InChI=1S/C14H32N2O/c1-7-13(8-2)16(6)10-9-14(5,11-17)15-12(3)4/h12-13,15,17H,7-11H2,1-6H3. The van der Waals surface area contributed by atoms with Crippen molar-refractivity contribution in [2.75, 3.05) is 20.2 Å². The van der Waals surface area contributed by atoms with Crippen LogP contribution >= 0.6 is 0 Å². The van der Waals surface area contributed by atoms with Crippen molar-refractivity contribution in [3.8, 4) is 0 Å². The molecule has 104 valence electrons. The Kier molecular flexibility index (Phi) is 8.01. The molecule has 3 nitrogen and oxygen atoms in total. The Morgan fingerprint density at radius 2 is 1.76 bits per heavy atom. The highest BCUT2D eigenvalue weighted by molar-refractivity contribution is 4.85. The average Bonchev–Trinajstić information content (AvgIpc) is 2.27. The Hall–Kier alpha value is -0.120. The lowest BCUT2D eigenvalue weighted by Gasteiger charge is -2.34. The first-order valence-electron chi connectivity index (χ1n) is 6.97. The molecule has 0 radical (unpaired) electrons. The monoisotopic (exact) mass is 244 g/mol. The molecule has 0 aliphatic rings. The second-order valence-electron chi connectivity index (χ2n) is 5.72. The first-order valence-corrected chi connectivity index (χ1v) is 6.97. The van der Waals surface area contributed by atoms with Gasteiger partial charge in [0.25, 0.3) is 0 Å². The molecule has 0 aliphatic heterocycles. The SMILES string of the molecule is CCC(CC)N(C)CCC(C)(CO)NC(C)C. The maximum Gasteiger partial charge on any atom is 0.0611 e. The van der Waals surface area contributed by atoms with E-state index in [-0.39, 0.29) is 12.1 Å². The number of nitrogens with zero attached hydrogens (tertiary/aromatic N) is 1. The largest absolute Gasteiger partial charge is 0.394 e. The molecule has 17 heavy (non-hydrogen) atoms. The molecule has 0 heterocycles. The van der Waals surface area contributed by atoms with Crippen LogP contribution in [0.15, 0.2) is 0 Å². The zero-order valence-corrected chi connectivity index (χ0v) is 12.6. The summed E-state index contributed by atoms with van der Waals surface area (Å²) in [6, 6.07) is 1.07. The fourth-order valence-electron chi connectivity index (χ4n) is 2.41. The molecule has 0 bridgehead atoms. The van der Waals surface area contributed by atoms with Crippen molar-refractivity contribution in [1.29, 1.82) is 0 Å². The van der Waals surface area contributed by atoms with Crippen molar-refractivity contribution >= 4 is 0 Å². The van der Waals surface area contributed by atoms with Crippen molar-refractivity contribution in [2.24, 2.45) is 0 Å². The van der Waals surface area contributed by atoms with Crippen molar-refractivity contribution in [2.45, 2.75) is 71.5 Å². The third kappa shape index (κ3) is 6.39. The van der Waals surface area contributed by atoms with Crippen LogP contribution in [-0.2, 0) is 0 Å². The van der Waals surface area contributed by atoms with E-state index in [2.05, 4.69) is 51.9 Å². The van der Waals surface area contributed by atoms with E-state index in [0.29, 0.717) is 12.1 Å². The van der Waals surface area contributed by atoms with Crippen molar-refractivity contribution in [3.05, 3.63) is 0 Å². The van der Waals surface area contributed by atoms with Gasteiger partial charge >= 0.3 is 0 Å². The molecular weight excluding hydrogens is 212 g/mol. The van der Waals surface area contributed by atoms with Gasteiger partial charge in [0.05, 0.1) is 6.61 Å². The zero-order valence-electron chi connectivity index (χ0n) is 12.6. The molecular formula is C14H32N2O. The van der Waals surface area contributed by atoms with Crippen LogP contribution in [0, 0.1) is 0 Å². The van der Waals surface area contributed by atoms with Crippen LogP contribution in [0.2, 0.25) is 0 Å². The Bertz CT molecular complexity index is 193. The molecule has 0 saturated carbocycles. The molecule has 0 fully saturated rings. The molecule has 0 rings (SSSR count). The Morgan fingerprint density at radius 3 is 2.12 bits per heavy atom. The third-order valence-corrected chi connectivity index (χ3v) is 3.57. The number of hydrogen-bond donors (Lipinski definition) is 2. The van der Waals surface area contributed by atoms with Crippen LogP contribution in [-0.4, -0.2) is 47.8 Å². The summed E-state index contributed by atoms with van der Waals surface area (Å²) in [5, 5.41) is 13.0. The lowest BCUT2D eigenvalue weighted by atomic mass is 9.97. The molecule has 0 spiro atoms. The summed E-state index contributed by atoms with van der Waals surface area (Å²) in [6.45, 7) is 12.1. The van der Waals surface area contributed by atoms with Crippen molar-refractivity contribution in [1.82, 2.24) is 10.2 Å². The van der Waals surface area contributed by atoms with Gasteiger partial charge in [-0.25, -0.2) is 0 Å². The first kappa shape index (κ1) is 16.9. The predicted octanol–water partition coefficient (Wildman–Crippen LogP) is 2.25. The summed E-state index contributed by atoms with van der Waals surface area (Å²) >= 11 is 0. The van der Waals surface area contributed by atoms with Crippen LogP contribution in [0.1, 0.15) is 53.9 Å². The van der Waals surface area contributed by atoms with Gasteiger partial charge in [0.15, 0.2) is 0 Å². The first-order chi connectivity index (χ1) is 7.88. The number of hydrogen-bond acceptors (Lipinski definition) is 3. The fraction of sp³-hybridized carbons (Fsp3) is 1.00. The van der Waals surface area contributed by atoms with Gasteiger partial charge in [0.1, 0.15) is 0 Å². The zero-order chi connectivity index (χ0) is 13.5. The molecule has 1 atom stereocenters. The minimum atomic E-state index is -0.158. The van der Waals surface area contributed by atoms with Crippen molar-refractivity contribution in [3.63, 3.8) is 0 Å². The van der Waals surface area contributed by atoms with Gasteiger partial charge in [0.2, 0.25) is 0 Å². The minimum absolute atomic E-state index is 0.158. The van der Waals surface area contributed by atoms with Gasteiger partial charge in [-0.2, -0.15) is 0 Å². The Balaban J connectivity index is 4.21. The molecule has 0 aromatic rings. The summed E-state index contributed by atoms with van der Waals surface area (Å²) in [5.74, 6) is 0. The predicted molar refractivity (Wildman–Crippen MR) is 75.4 cm³/mol. The van der Waals surface area contributed by atoms with E-state index in [9.17, 15) is 5.11 Å². The average molecular weight is 244 g/mol. The Morgan fingerprint density at radius 1 is 1.24 bits per heavy atom. The molecule has 0 aliphatic carbocycles. The lowest BCUT2D eigenvalue weighted by Crippen LogP contribution is -2.51. The Labute approximate surface area is 108 Å². The van der Waals surface area contributed by atoms with Gasteiger partial charge in [-0.15, -0.1) is 0 Å². The van der Waals surface area contributed by atoms with Crippen LogP contribution in [0.4, 0.5) is 0 Å². The van der Waals surface area contributed by atoms with Gasteiger partial charge in [-0.3, -0.25) is 0 Å². The quantitative estimate of drug-likeness (QED) is 0.653. The van der Waals surface area contributed by atoms with Crippen molar-refractivity contribution < 1.29 is 5.11 Å². The van der Waals surface area contributed by atoms with Crippen LogP contribution in [0.5, 0.6) is 0 Å². The van der Waals surface area contributed by atoms with E-state index in [0.717, 1.165) is 13.0 Å². The lowest BCUT2D eigenvalue weighted by molar-refractivity contribution is 0.131. The normalized spacial score (nSPS) is 15.9. The number of rotatable bonds is 9. The molecule has 0 aromatic carbocycles. The van der Waals surface area contributed by atoms with E-state index < -0.39 is 0 Å². The molecule has 0 saturated heterocycles. The van der Waals surface area contributed by atoms with Gasteiger partial charge < -0.3 is 15.3 Å². The van der Waals surface area contributed by atoms with Gasteiger partial charge in [-0.1, -0.05) is 27.7 Å². The summed E-state index contributed by atoms with van der Waals surface area (Å²) in [7, 11) is 2.19. The van der Waals surface area contributed by atoms with E-state index in [1.807, 2.05) is 0 Å². The van der Waals surface area contributed by atoms with E-state index in [1.165, 1.54) is 12.8 Å². The topological polar surface area (TPSA) is 35.5 Å². The highest BCUT2D eigenvalue weighted by Crippen LogP contribution is 2.13. The maximum absolute atomic E-state index is 9.52. The smallest absolute Gasteiger partial charge is 0.0611 e. The van der Waals surface area contributed by atoms with E-state index in [4.69, 9.17) is 0 Å². The highest BCUT2D eigenvalue weighted by atomic mass is 16.3. The molecule has 0 aromatic heterocycles. The molecule has 2 N–H and O–H groups in total. The minimum Gasteiger partial charge on any atom is -0.394 e. The molecule has 3 heteroatoms. The summed E-state index contributed by atoms with van der Waals surface area (Å²) in [6.07, 6.45) is 3.37. The summed E-state index contributed by atoms with van der Waals surface area (Å²) < 4.78 is 0. The fourth-order valence-corrected chi connectivity index (χ4v) is 2.41. The highest BCUT2D eigenvalue weighted by Gasteiger charge is 2.24. The molecule has 0 amide bonds. The van der Waals surface area contributed by atoms with E-state index >= 15 is 0 Å². The van der Waals surface area contributed by atoms with Crippen LogP contribution < -0.4 is 5.32 Å². The second-order valence-corrected chi connectivity index (χ2v) is 5.72. The number of aliphatic hydroxyl groups is 1. The third-order valence-electron chi connectivity index (χ3n) is 3.57. The number of nitrogens with one attached hydrogen (secondary N) is 1. The van der Waals surface area contributed by atoms with Crippen LogP contribution in [0.3, 0.4) is 0 Å². The maximum atomic E-state index is 9.52. The van der Waals surface area contributed by atoms with Gasteiger partial charge in [0, 0.05) is 17.6 Å².